The van der Waals surface area contributed by atoms with E-state index in [2.05, 4.69) is 12.1 Å². The SMILES string of the molecule is CC(O)CCCCCCCCC(CCCCCCC(=O)O)OCc1ccccc1. The Morgan fingerprint density at radius 2 is 1.34 bits per heavy atom. The van der Waals surface area contributed by atoms with Crippen molar-refractivity contribution in [3.05, 3.63) is 35.9 Å². The Labute approximate surface area is 177 Å². The second-order valence-corrected chi connectivity index (χ2v) is 8.31. The second-order valence-electron chi connectivity index (χ2n) is 8.31. The van der Waals surface area contributed by atoms with Crippen molar-refractivity contribution in [2.24, 2.45) is 0 Å². The number of aliphatic carboxylic acids is 1. The zero-order valence-corrected chi connectivity index (χ0v) is 18.4. The molecule has 0 fully saturated rings. The van der Waals surface area contributed by atoms with Crippen molar-refractivity contribution in [1.82, 2.24) is 0 Å². The number of aliphatic hydroxyl groups excluding tert-OH is 1. The molecule has 0 radical (unpaired) electrons. The molecule has 4 nitrogen and oxygen atoms in total. The third-order valence-corrected chi connectivity index (χ3v) is 5.39. The highest BCUT2D eigenvalue weighted by atomic mass is 16.5. The summed E-state index contributed by atoms with van der Waals surface area (Å²) < 4.78 is 6.22. The van der Waals surface area contributed by atoms with E-state index < -0.39 is 5.97 Å². The fourth-order valence-electron chi connectivity index (χ4n) is 3.62. The highest BCUT2D eigenvalue weighted by Gasteiger charge is 2.10. The fraction of sp³-hybridized carbons (Fsp3) is 0.720. The summed E-state index contributed by atoms with van der Waals surface area (Å²) in [4.78, 5) is 10.6. The molecule has 1 aromatic rings. The van der Waals surface area contributed by atoms with E-state index in [1.54, 1.807) is 0 Å². The molecule has 0 spiro atoms. The van der Waals surface area contributed by atoms with E-state index in [4.69, 9.17) is 9.84 Å². The molecule has 0 saturated heterocycles. The van der Waals surface area contributed by atoms with Gasteiger partial charge in [0.05, 0.1) is 18.8 Å². The molecule has 2 unspecified atom stereocenters. The van der Waals surface area contributed by atoms with E-state index in [1.165, 1.54) is 37.7 Å². The summed E-state index contributed by atoms with van der Waals surface area (Å²) in [6, 6.07) is 10.3. The van der Waals surface area contributed by atoms with Gasteiger partial charge in [-0.2, -0.15) is 0 Å². The summed E-state index contributed by atoms with van der Waals surface area (Å²) in [7, 11) is 0. The molecule has 166 valence electrons. The summed E-state index contributed by atoms with van der Waals surface area (Å²) in [6.45, 7) is 2.53. The smallest absolute Gasteiger partial charge is 0.303 e. The number of carboxylic acid groups (broad SMARTS) is 1. The molecule has 4 heteroatoms. The zero-order valence-electron chi connectivity index (χ0n) is 18.4. The topological polar surface area (TPSA) is 66.8 Å². The van der Waals surface area contributed by atoms with E-state index in [0.29, 0.717) is 12.7 Å². The molecular weight excluding hydrogens is 364 g/mol. The minimum atomic E-state index is -0.694. The van der Waals surface area contributed by atoms with Crippen molar-refractivity contribution in [1.29, 1.82) is 0 Å². The van der Waals surface area contributed by atoms with Crippen molar-refractivity contribution in [2.45, 2.75) is 116 Å². The van der Waals surface area contributed by atoms with Crippen molar-refractivity contribution < 1.29 is 19.7 Å². The molecule has 0 aliphatic carbocycles. The van der Waals surface area contributed by atoms with Crippen LogP contribution in [0.1, 0.15) is 102 Å². The van der Waals surface area contributed by atoms with Gasteiger partial charge < -0.3 is 14.9 Å². The predicted molar refractivity (Wildman–Crippen MR) is 119 cm³/mol. The quantitative estimate of drug-likeness (QED) is 0.257. The molecule has 0 bridgehead atoms. The Kier molecular flexibility index (Phi) is 15.4. The molecule has 0 aliphatic heterocycles. The van der Waals surface area contributed by atoms with Crippen LogP contribution in [0.5, 0.6) is 0 Å². The molecule has 1 aromatic carbocycles. The summed E-state index contributed by atoms with van der Waals surface area (Å²) in [6.07, 6.45) is 14.8. The number of carbonyl (C=O) groups is 1. The lowest BCUT2D eigenvalue weighted by atomic mass is 10.0. The summed E-state index contributed by atoms with van der Waals surface area (Å²) in [5.41, 5.74) is 1.22. The maximum atomic E-state index is 10.6. The van der Waals surface area contributed by atoms with Crippen LogP contribution >= 0.6 is 0 Å². The predicted octanol–water partition coefficient (Wildman–Crippen LogP) is 6.50. The monoisotopic (exact) mass is 406 g/mol. The first kappa shape index (κ1) is 25.6. The molecule has 2 atom stereocenters. The van der Waals surface area contributed by atoms with E-state index in [0.717, 1.165) is 51.4 Å². The van der Waals surface area contributed by atoms with Gasteiger partial charge in [-0.15, -0.1) is 0 Å². The van der Waals surface area contributed by atoms with Crippen LogP contribution < -0.4 is 0 Å². The van der Waals surface area contributed by atoms with E-state index in [-0.39, 0.29) is 12.5 Å². The number of unbranched alkanes of at least 4 members (excludes halogenated alkanes) is 8. The second kappa shape index (κ2) is 17.5. The van der Waals surface area contributed by atoms with E-state index in [1.807, 2.05) is 25.1 Å². The number of benzene rings is 1. The summed E-state index contributed by atoms with van der Waals surface area (Å²) in [5, 5.41) is 18.0. The number of hydrogen-bond donors (Lipinski definition) is 2. The van der Waals surface area contributed by atoms with Crippen molar-refractivity contribution in [3.63, 3.8) is 0 Å². The van der Waals surface area contributed by atoms with Gasteiger partial charge >= 0.3 is 5.97 Å². The number of hydrogen-bond acceptors (Lipinski definition) is 3. The van der Waals surface area contributed by atoms with Crippen LogP contribution in [0.15, 0.2) is 30.3 Å². The van der Waals surface area contributed by atoms with E-state index >= 15 is 0 Å². The number of carboxylic acids is 1. The highest BCUT2D eigenvalue weighted by molar-refractivity contribution is 5.66. The van der Waals surface area contributed by atoms with Crippen LogP contribution in [-0.4, -0.2) is 28.4 Å². The standard InChI is InChI=1S/C25H42O4/c1-22(26)15-9-4-2-3-5-12-18-24(19-13-6-7-14-20-25(27)28)29-21-23-16-10-8-11-17-23/h8,10-11,16-17,22,24,26H,2-7,9,12-15,18-21H2,1H3,(H,27,28). The Morgan fingerprint density at radius 3 is 1.90 bits per heavy atom. The first-order chi connectivity index (χ1) is 14.1. The van der Waals surface area contributed by atoms with Gasteiger partial charge in [-0.25, -0.2) is 0 Å². The van der Waals surface area contributed by atoms with Gasteiger partial charge in [-0.05, 0) is 38.2 Å². The Morgan fingerprint density at radius 1 is 0.828 bits per heavy atom. The minimum Gasteiger partial charge on any atom is -0.481 e. The maximum absolute atomic E-state index is 10.6. The third kappa shape index (κ3) is 16.1. The largest absolute Gasteiger partial charge is 0.481 e. The average molecular weight is 407 g/mol. The minimum absolute atomic E-state index is 0.165. The van der Waals surface area contributed by atoms with Crippen molar-refractivity contribution >= 4 is 5.97 Å². The number of ether oxygens (including phenoxy) is 1. The lowest BCUT2D eigenvalue weighted by molar-refractivity contribution is -0.137. The zero-order chi connectivity index (χ0) is 21.2. The summed E-state index contributed by atoms with van der Waals surface area (Å²) >= 11 is 0. The molecular formula is C25H42O4. The molecule has 0 amide bonds. The Bertz CT molecular complexity index is 501. The van der Waals surface area contributed by atoms with Gasteiger partial charge in [0.1, 0.15) is 0 Å². The lowest BCUT2D eigenvalue weighted by Crippen LogP contribution is -2.13. The maximum Gasteiger partial charge on any atom is 0.303 e. The first-order valence-corrected chi connectivity index (χ1v) is 11.6. The van der Waals surface area contributed by atoms with Gasteiger partial charge in [0.15, 0.2) is 0 Å². The Balaban J connectivity index is 2.20. The average Bonchev–Trinajstić information content (AvgIpc) is 2.70. The van der Waals surface area contributed by atoms with Crippen LogP contribution in [-0.2, 0) is 16.1 Å². The molecule has 1 rings (SSSR count). The number of rotatable bonds is 19. The van der Waals surface area contributed by atoms with Crippen LogP contribution in [0.3, 0.4) is 0 Å². The van der Waals surface area contributed by atoms with Crippen LogP contribution in [0.25, 0.3) is 0 Å². The third-order valence-electron chi connectivity index (χ3n) is 5.39. The molecule has 2 N–H and O–H groups in total. The van der Waals surface area contributed by atoms with Crippen LogP contribution in [0.2, 0.25) is 0 Å². The molecule has 0 aromatic heterocycles. The van der Waals surface area contributed by atoms with Gasteiger partial charge in [0.25, 0.3) is 0 Å². The van der Waals surface area contributed by atoms with Crippen LogP contribution in [0, 0.1) is 0 Å². The van der Waals surface area contributed by atoms with Gasteiger partial charge in [0.2, 0.25) is 0 Å². The van der Waals surface area contributed by atoms with Gasteiger partial charge in [-0.3, -0.25) is 4.79 Å². The molecule has 29 heavy (non-hydrogen) atoms. The normalized spacial score (nSPS) is 13.3. The van der Waals surface area contributed by atoms with Crippen molar-refractivity contribution in [3.8, 4) is 0 Å². The fourth-order valence-corrected chi connectivity index (χ4v) is 3.62. The molecule has 0 heterocycles. The van der Waals surface area contributed by atoms with Gasteiger partial charge in [-0.1, -0.05) is 88.1 Å². The Hall–Kier alpha value is -1.39. The van der Waals surface area contributed by atoms with Gasteiger partial charge in [0, 0.05) is 6.42 Å². The first-order valence-electron chi connectivity index (χ1n) is 11.6. The molecule has 0 aliphatic rings. The highest BCUT2D eigenvalue weighted by Crippen LogP contribution is 2.18. The van der Waals surface area contributed by atoms with Crippen molar-refractivity contribution in [2.75, 3.05) is 0 Å². The molecule has 0 saturated carbocycles. The number of aliphatic hydroxyl groups is 1. The summed E-state index contributed by atoms with van der Waals surface area (Å²) in [5.74, 6) is -0.694. The van der Waals surface area contributed by atoms with E-state index in [9.17, 15) is 9.90 Å². The lowest BCUT2D eigenvalue weighted by Gasteiger charge is -2.18. The van der Waals surface area contributed by atoms with Crippen LogP contribution in [0.4, 0.5) is 0 Å².